The molecular formula is C12H15NO5. The van der Waals surface area contributed by atoms with E-state index in [0.717, 1.165) is 0 Å². The number of esters is 1. The van der Waals surface area contributed by atoms with Gasteiger partial charge in [0, 0.05) is 12.1 Å². The number of rotatable bonds is 5. The summed E-state index contributed by atoms with van der Waals surface area (Å²) in [4.78, 5) is 21.6. The maximum Gasteiger partial charge on any atom is 0.349 e. The third-order valence-electron chi connectivity index (χ3n) is 2.68. The number of nitro benzene ring substituents is 1. The van der Waals surface area contributed by atoms with Crippen LogP contribution in [0.15, 0.2) is 24.3 Å². The van der Waals surface area contributed by atoms with Crippen molar-refractivity contribution < 1.29 is 19.2 Å². The number of nitrogens with zero attached hydrogens (tertiary/aromatic N) is 1. The zero-order valence-corrected chi connectivity index (χ0v) is 10.5. The summed E-state index contributed by atoms with van der Waals surface area (Å²) in [6, 6.07) is 5.55. The molecule has 0 amide bonds. The number of benzene rings is 1. The van der Waals surface area contributed by atoms with Crippen molar-refractivity contribution in [3.8, 4) is 5.75 Å². The highest BCUT2D eigenvalue weighted by Gasteiger charge is 2.35. The Hall–Kier alpha value is -2.11. The first-order valence-electron chi connectivity index (χ1n) is 5.45. The number of hydrogen-bond donors (Lipinski definition) is 0. The maximum atomic E-state index is 11.6. The number of methoxy groups -OCH3 is 1. The highest BCUT2D eigenvalue weighted by Crippen LogP contribution is 2.24. The summed E-state index contributed by atoms with van der Waals surface area (Å²) in [5.41, 5.74) is -1.12. The fraction of sp³-hybridized carbons (Fsp3) is 0.417. The number of non-ortho nitro benzene ring substituents is 1. The van der Waals surface area contributed by atoms with E-state index >= 15 is 0 Å². The maximum absolute atomic E-state index is 11.6. The summed E-state index contributed by atoms with van der Waals surface area (Å²) in [7, 11) is 1.29. The molecule has 18 heavy (non-hydrogen) atoms. The molecule has 0 saturated heterocycles. The predicted molar refractivity (Wildman–Crippen MR) is 64.4 cm³/mol. The molecule has 0 saturated carbocycles. The van der Waals surface area contributed by atoms with Crippen LogP contribution in [0.25, 0.3) is 0 Å². The average Bonchev–Trinajstić information content (AvgIpc) is 2.38. The van der Waals surface area contributed by atoms with E-state index in [9.17, 15) is 14.9 Å². The Morgan fingerprint density at radius 2 is 1.94 bits per heavy atom. The lowest BCUT2D eigenvalue weighted by atomic mass is 10.0. The van der Waals surface area contributed by atoms with Crippen molar-refractivity contribution in [3.05, 3.63) is 34.4 Å². The Labute approximate surface area is 105 Å². The number of carbonyl (C=O) groups is 1. The molecule has 0 aliphatic heterocycles. The van der Waals surface area contributed by atoms with Crippen molar-refractivity contribution in [2.75, 3.05) is 7.11 Å². The fourth-order valence-electron chi connectivity index (χ4n) is 1.37. The van der Waals surface area contributed by atoms with E-state index in [-0.39, 0.29) is 5.69 Å². The van der Waals surface area contributed by atoms with Crippen LogP contribution in [0.3, 0.4) is 0 Å². The van der Waals surface area contributed by atoms with Gasteiger partial charge >= 0.3 is 5.97 Å². The van der Waals surface area contributed by atoms with Gasteiger partial charge in [-0.3, -0.25) is 10.1 Å². The third-order valence-corrected chi connectivity index (χ3v) is 2.68. The van der Waals surface area contributed by atoms with E-state index in [0.29, 0.717) is 12.2 Å². The van der Waals surface area contributed by atoms with Crippen LogP contribution < -0.4 is 4.74 Å². The van der Waals surface area contributed by atoms with Gasteiger partial charge in [-0.1, -0.05) is 6.92 Å². The molecular weight excluding hydrogens is 238 g/mol. The van der Waals surface area contributed by atoms with Crippen LogP contribution in [-0.2, 0) is 9.53 Å². The largest absolute Gasteiger partial charge is 0.476 e. The summed E-state index contributed by atoms with van der Waals surface area (Å²) in [6.07, 6.45) is 0.427. The van der Waals surface area contributed by atoms with Crippen molar-refractivity contribution in [1.29, 1.82) is 0 Å². The number of ether oxygens (including phenoxy) is 2. The molecule has 0 heterocycles. The summed E-state index contributed by atoms with van der Waals surface area (Å²) >= 11 is 0. The molecule has 98 valence electrons. The van der Waals surface area contributed by atoms with Gasteiger partial charge in [0.15, 0.2) is 0 Å². The number of nitro groups is 1. The van der Waals surface area contributed by atoms with E-state index in [4.69, 9.17) is 4.74 Å². The van der Waals surface area contributed by atoms with Crippen molar-refractivity contribution in [1.82, 2.24) is 0 Å². The fourth-order valence-corrected chi connectivity index (χ4v) is 1.37. The van der Waals surface area contributed by atoms with Gasteiger partial charge in [-0.25, -0.2) is 4.79 Å². The molecule has 0 radical (unpaired) electrons. The second kappa shape index (κ2) is 5.48. The second-order valence-electron chi connectivity index (χ2n) is 3.93. The zero-order valence-electron chi connectivity index (χ0n) is 10.5. The van der Waals surface area contributed by atoms with E-state index < -0.39 is 16.5 Å². The highest BCUT2D eigenvalue weighted by atomic mass is 16.6. The van der Waals surface area contributed by atoms with Crippen molar-refractivity contribution in [3.63, 3.8) is 0 Å². The summed E-state index contributed by atoms with van der Waals surface area (Å²) in [5.74, 6) is -0.0984. The smallest absolute Gasteiger partial charge is 0.349 e. The molecule has 0 fully saturated rings. The van der Waals surface area contributed by atoms with Gasteiger partial charge in [-0.05, 0) is 25.5 Å². The minimum Gasteiger partial charge on any atom is -0.476 e. The van der Waals surface area contributed by atoms with Gasteiger partial charge in [-0.2, -0.15) is 0 Å². The molecule has 6 nitrogen and oxygen atoms in total. The molecule has 0 aliphatic carbocycles. The molecule has 0 aliphatic rings. The number of carbonyl (C=O) groups excluding carboxylic acids is 1. The lowest BCUT2D eigenvalue weighted by Crippen LogP contribution is -2.41. The van der Waals surface area contributed by atoms with Gasteiger partial charge in [0.2, 0.25) is 5.60 Å². The quantitative estimate of drug-likeness (QED) is 0.457. The van der Waals surface area contributed by atoms with E-state index in [2.05, 4.69) is 4.74 Å². The molecule has 1 aromatic carbocycles. The van der Waals surface area contributed by atoms with Gasteiger partial charge in [0.1, 0.15) is 5.75 Å². The van der Waals surface area contributed by atoms with Crippen molar-refractivity contribution >= 4 is 11.7 Å². The monoisotopic (exact) mass is 253 g/mol. The van der Waals surface area contributed by atoms with E-state index in [1.165, 1.54) is 31.4 Å². The molecule has 0 unspecified atom stereocenters. The van der Waals surface area contributed by atoms with Crippen molar-refractivity contribution in [2.45, 2.75) is 25.9 Å². The normalized spacial score (nSPS) is 13.5. The third kappa shape index (κ3) is 2.97. The second-order valence-corrected chi connectivity index (χ2v) is 3.93. The predicted octanol–water partition coefficient (Wildman–Crippen LogP) is 2.32. The Balaban J connectivity index is 2.89. The molecule has 0 spiro atoms. The van der Waals surface area contributed by atoms with Gasteiger partial charge in [-0.15, -0.1) is 0 Å². The van der Waals surface area contributed by atoms with Crippen LogP contribution in [0, 0.1) is 10.1 Å². The average molecular weight is 253 g/mol. The van der Waals surface area contributed by atoms with Gasteiger partial charge in [0.05, 0.1) is 12.0 Å². The summed E-state index contributed by atoms with van der Waals surface area (Å²) in [5, 5.41) is 10.5. The minimum atomic E-state index is -1.09. The SMILES string of the molecule is CC[C@@](C)(Oc1ccc([N+](=O)[O-])cc1)C(=O)OC. The number of hydrogen-bond acceptors (Lipinski definition) is 5. The highest BCUT2D eigenvalue weighted by molar-refractivity contribution is 5.79. The molecule has 0 aromatic heterocycles. The van der Waals surface area contributed by atoms with Crippen LogP contribution >= 0.6 is 0 Å². The van der Waals surface area contributed by atoms with Crippen LogP contribution in [0.2, 0.25) is 0 Å². The summed E-state index contributed by atoms with van der Waals surface area (Å²) < 4.78 is 10.2. The molecule has 1 rings (SSSR count). The van der Waals surface area contributed by atoms with Gasteiger partial charge < -0.3 is 9.47 Å². The molecule has 1 atom stereocenters. The Kier molecular flexibility index (Phi) is 4.25. The van der Waals surface area contributed by atoms with Crippen LogP contribution in [-0.4, -0.2) is 23.6 Å². The molecule has 1 aromatic rings. The Bertz CT molecular complexity index is 442. The topological polar surface area (TPSA) is 78.7 Å². The molecule has 0 N–H and O–H groups in total. The first-order valence-corrected chi connectivity index (χ1v) is 5.45. The van der Waals surface area contributed by atoms with Crippen LogP contribution in [0.1, 0.15) is 20.3 Å². The molecule has 6 heteroatoms. The minimum absolute atomic E-state index is 0.0291. The Morgan fingerprint density at radius 3 is 2.33 bits per heavy atom. The molecule has 0 bridgehead atoms. The van der Waals surface area contributed by atoms with E-state index in [1.54, 1.807) is 13.8 Å². The lowest BCUT2D eigenvalue weighted by molar-refractivity contribution is -0.384. The zero-order chi connectivity index (χ0) is 13.8. The first kappa shape index (κ1) is 14.0. The van der Waals surface area contributed by atoms with Crippen LogP contribution in [0.4, 0.5) is 5.69 Å². The standard InChI is InChI=1S/C12H15NO5/c1-4-12(2,11(14)17-3)18-10-7-5-9(6-8-10)13(15)16/h5-8H,4H2,1-3H3/t12-/m1/s1. The first-order chi connectivity index (χ1) is 8.42. The van der Waals surface area contributed by atoms with E-state index in [1.807, 2.05) is 0 Å². The lowest BCUT2D eigenvalue weighted by Gasteiger charge is -2.26. The van der Waals surface area contributed by atoms with Gasteiger partial charge in [0.25, 0.3) is 5.69 Å². The Morgan fingerprint density at radius 1 is 1.39 bits per heavy atom. The van der Waals surface area contributed by atoms with Crippen molar-refractivity contribution in [2.24, 2.45) is 0 Å². The van der Waals surface area contributed by atoms with Crippen LogP contribution in [0.5, 0.6) is 5.75 Å². The summed E-state index contributed by atoms with van der Waals surface area (Å²) in [6.45, 7) is 3.41.